The Labute approximate surface area is 170 Å². The molecule has 2 aliphatic heterocycles. The highest BCUT2D eigenvalue weighted by atomic mass is 19.1. The van der Waals surface area contributed by atoms with Crippen molar-refractivity contribution in [1.29, 1.82) is 0 Å². The number of nitrogens with zero attached hydrogens (tertiary/aromatic N) is 1. The van der Waals surface area contributed by atoms with Crippen molar-refractivity contribution in [3.63, 3.8) is 0 Å². The first-order valence-corrected chi connectivity index (χ1v) is 10.2. The molecule has 156 valence electrons. The van der Waals surface area contributed by atoms with E-state index in [0.29, 0.717) is 25.4 Å². The number of fused-ring (bicyclic) bond motifs is 1. The minimum absolute atomic E-state index is 0.172. The normalized spacial score (nSPS) is 20.5. The number of ether oxygens (including phenoxy) is 3. The van der Waals surface area contributed by atoms with Crippen molar-refractivity contribution in [2.24, 2.45) is 0 Å². The second-order valence-electron chi connectivity index (χ2n) is 7.58. The average molecular weight is 403 g/mol. The molecule has 29 heavy (non-hydrogen) atoms. The number of para-hydroxylation sites is 3. The van der Waals surface area contributed by atoms with Crippen LogP contribution in [0.25, 0.3) is 0 Å². The third-order valence-corrected chi connectivity index (χ3v) is 5.37. The maximum absolute atomic E-state index is 13.9. The number of aliphatic hydroxyl groups is 1. The Morgan fingerprint density at radius 3 is 2.62 bits per heavy atom. The first-order valence-electron chi connectivity index (χ1n) is 10.2. The second-order valence-corrected chi connectivity index (χ2v) is 7.58. The molecule has 2 atom stereocenters. The van der Waals surface area contributed by atoms with Gasteiger partial charge in [-0.1, -0.05) is 24.3 Å². The van der Waals surface area contributed by atoms with E-state index in [0.717, 1.165) is 37.7 Å². The van der Waals surface area contributed by atoms with Crippen molar-refractivity contribution < 1.29 is 28.6 Å². The maximum atomic E-state index is 13.9. The van der Waals surface area contributed by atoms with Gasteiger partial charge in [0.2, 0.25) is 0 Å². The Balaban J connectivity index is 1.15. The summed E-state index contributed by atoms with van der Waals surface area (Å²) in [5, 5.41) is 10.3. The molecule has 0 unspecified atom stereocenters. The van der Waals surface area contributed by atoms with E-state index < -0.39 is 6.10 Å². The van der Waals surface area contributed by atoms with Crippen LogP contribution in [-0.2, 0) is 4.74 Å². The molecular formula is C22H28FN2O4+. The van der Waals surface area contributed by atoms with Crippen LogP contribution in [0.15, 0.2) is 48.5 Å². The smallest absolute Gasteiger partial charge is 0.161 e. The monoisotopic (exact) mass is 403 g/mol. The lowest BCUT2D eigenvalue weighted by Gasteiger charge is -2.34. The summed E-state index contributed by atoms with van der Waals surface area (Å²) in [6.45, 7) is 4.98. The third-order valence-electron chi connectivity index (χ3n) is 5.37. The average Bonchev–Trinajstić information content (AvgIpc) is 2.75. The molecule has 0 aromatic heterocycles. The van der Waals surface area contributed by atoms with E-state index in [1.165, 1.54) is 11.0 Å². The SMILES string of the molecule is O[C@@H](COC[C@@H]1COc2ccccc2O1)C[NH+]1CCN(c2ccccc2F)CC1. The van der Waals surface area contributed by atoms with Gasteiger partial charge in [0.05, 0.1) is 45.1 Å². The molecule has 0 saturated carbocycles. The van der Waals surface area contributed by atoms with Crippen LogP contribution in [0.3, 0.4) is 0 Å². The molecule has 0 radical (unpaired) electrons. The molecule has 6 nitrogen and oxygen atoms in total. The Bertz CT molecular complexity index is 798. The number of halogens is 1. The summed E-state index contributed by atoms with van der Waals surface area (Å²) in [4.78, 5) is 3.37. The van der Waals surface area contributed by atoms with E-state index in [2.05, 4.69) is 4.90 Å². The quantitative estimate of drug-likeness (QED) is 0.715. The van der Waals surface area contributed by atoms with Crippen LogP contribution in [0.5, 0.6) is 11.5 Å². The van der Waals surface area contributed by atoms with Gasteiger partial charge in [-0.2, -0.15) is 0 Å². The zero-order valence-corrected chi connectivity index (χ0v) is 16.4. The van der Waals surface area contributed by atoms with Crippen LogP contribution < -0.4 is 19.3 Å². The number of nitrogens with one attached hydrogen (secondary N) is 1. The zero-order valence-electron chi connectivity index (χ0n) is 16.4. The lowest BCUT2D eigenvalue weighted by Crippen LogP contribution is -3.16. The number of quaternary nitrogens is 1. The highest BCUT2D eigenvalue weighted by Crippen LogP contribution is 2.30. The van der Waals surface area contributed by atoms with E-state index in [1.807, 2.05) is 36.4 Å². The second kappa shape index (κ2) is 9.43. The van der Waals surface area contributed by atoms with Crippen LogP contribution >= 0.6 is 0 Å². The molecule has 2 aromatic carbocycles. The lowest BCUT2D eigenvalue weighted by molar-refractivity contribution is -0.903. The molecular weight excluding hydrogens is 375 g/mol. The lowest BCUT2D eigenvalue weighted by atomic mass is 10.2. The number of anilines is 1. The molecule has 0 spiro atoms. The van der Waals surface area contributed by atoms with Gasteiger partial charge in [0.15, 0.2) is 17.6 Å². The number of aliphatic hydroxyl groups excluding tert-OH is 1. The van der Waals surface area contributed by atoms with Gasteiger partial charge in [-0.3, -0.25) is 0 Å². The fourth-order valence-corrected chi connectivity index (χ4v) is 3.85. The first-order chi connectivity index (χ1) is 14.2. The fourth-order valence-electron chi connectivity index (χ4n) is 3.85. The maximum Gasteiger partial charge on any atom is 0.161 e. The van der Waals surface area contributed by atoms with Crippen molar-refractivity contribution in [1.82, 2.24) is 0 Å². The van der Waals surface area contributed by atoms with Gasteiger partial charge in [0.1, 0.15) is 25.1 Å². The summed E-state index contributed by atoms with van der Waals surface area (Å²) in [5.74, 6) is 1.30. The van der Waals surface area contributed by atoms with Gasteiger partial charge in [-0.15, -0.1) is 0 Å². The molecule has 4 rings (SSSR count). The van der Waals surface area contributed by atoms with Crippen LogP contribution in [0.1, 0.15) is 0 Å². The van der Waals surface area contributed by atoms with Crippen LogP contribution in [0.4, 0.5) is 10.1 Å². The molecule has 0 aliphatic carbocycles. The summed E-state index contributed by atoms with van der Waals surface area (Å²) in [6.07, 6.45) is -0.712. The predicted molar refractivity (Wildman–Crippen MR) is 107 cm³/mol. The highest BCUT2D eigenvalue weighted by molar-refractivity contribution is 5.47. The molecule has 2 N–H and O–H groups in total. The number of benzene rings is 2. The first kappa shape index (κ1) is 19.9. The summed E-state index contributed by atoms with van der Waals surface area (Å²) in [6, 6.07) is 14.5. The molecule has 1 fully saturated rings. The van der Waals surface area contributed by atoms with Gasteiger partial charge in [0, 0.05) is 0 Å². The van der Waals surface area contributed by atoms with Crippen molar-refractivity contribution >= 4 is 5.69 Å². The van der Waals surface area contributed by atoms with Gasteiger partial charge in [0.25, 0.3) is 0 Å². The standard InChI is InChI=1S/C22H27FN2O4/c23-19-5-1-2-6-20(19)25-11-9-24(10-12-25)13-17(26)14-27-15-18-16-28-21-7-3-4-8-22(21)29-18/h1-8,17-18,26H,9-16H2/p+1/t17-,18-/m1/s1. The Kier molecular flexibility index (Phi) is 6.49. The van der Waals surface area contributed by atoms with E-state index in [9.17, 15) is 9.50 Å². The molecule has 1 saturated heterocycles. The van der Waals surface area contributed by atoms with Crippen molar-refractivity contribution in [3.05, 3.63) is 54.3 Å². The molecule has 7 heteroatoms. The van der Waals surface area contributed by atoms with Crippen LogP contribution in [0, 0.1) is 5.82 Å². The van der Waals surface area contributed by atoms with Crippen LogP contribution in [0.2, 0.25) is 0 Å². The summed E-state index contributed by atoms with van der Waals surface area (Å²) in [5.41, 5.74) is 0.659. The summed E-state index contributed by atoms with van der Waals surface area (Å²) >= 11 is 0. The molecule has 2 aromatic rings. The van der Waals surface area contributed by atoms with Crippen molar-refractivity contribution in [3.8, 4) is 11.5 Å². The van der Waals surface area contributed by atoms with E-state index in [-0.39, 0.29) is 18.5 Å². The number of hydrogen-bond acceptors (Lipinski definition) is 5. The topological polar surface area (TPSA) is 55.6 Å². The van der Waals surface area contributed by atoms with E-state index in [4.69, 9.17) is 14.2 Å². The number of hydrogen-bond donors (Lipinski definition) is 2. The van der Waals surface area contributed by atoms with Gasteiger partial charge < -0.3 is 29.1 Å². The Hall–Kier alpha value is -2.35. The van der Waals surface area contributed by atoms with Gasteiger partial charge >= 0.3 is 0 Å². The van der Waals surface area contributed by atoms with E-state index >= 15 is 0 Å². The number of rotatable bonds is 7. The Morgan fingerprint density at radius 2 is 1.83 bits per heavy atom. The minimum Gasteiger partial charge on any atom is -0.486 e. The minimum atomic E-state index is -0.540. The molecule has 2 heterocycles. The summed E-state index contributed by atoms with van der Waals surface area (Å²) in [7, 11) is 0. The van der Waals surface area contributed by atoms with E-state index in [1.54, 1.807) is 6.07 Å². The van der Waals surface area contributed by atoms with Crippen LogP contribution in [-0.4, -0.2) is 69.9 Å². The third kappa shape index (κ3) is 5.18. The fraction of sp³-hybridized carbons (Fsp3) is 0.455. The predicted octanol–water partition coefficient (Wildman–Crippen LogP) is 0.748. The molecule has 0 amide bonds. The van der Waals surface area contributed by atoms with Gasteiger partial charge in [-0.05, 0) is 24.3 Å². The Morgan fingerprint density at radius 1 is 1.10 bits per heavy atom. The van der Waals surface area contributed by atoms with Gasteiger partial charge in [-0.25, -0.2) is 4.39 Å². The van der Waals surface area contributed by atoms with Crippen molar-refractivity contribution in [2.45, 2.75) is 12.2 Å². The summed E-state index contributed by atoms with van der Waals surface area (Å²) < 4.78 is 31.1. The van der Waals surface area contributed by atoms with Crippen molar-refractivity contribution in [2.75, 3.05) is 57.4 Å². The number of piperazine rings is 1. The highest BCUT2D eigenvalue weighted by Gasteiger charge is 2.25. The molecule has 2 aliphatic rings. The molecule has 0 bridgehead atoms. The largest absolute Gasteiger partial charge is 0.486 e. The zero-order chi connectivity index (χ0) is 20.1.